The van der Waals surface area contributed by atoms with Crippen molar-refractivity contribution in [1.82, 2.24) is 19.3 Å². The molecular weight excluding hydrogens is 294 g/mol. The Morgan fingerprint density at radius 3 is 2.70 bits per heavy atom. The minimum absolute atomic E-state index is 0.0730. The van der Waals surface area contributed by atoms with Crippen molar-refractivity contribution in [1.29, 1.82) is 5.26 Å². The molecule has 0 aliphatic carbocycles. The maximum atomic E-state index is 12.7. The summed E-state index contributed by atoms with van der Waals surface area (Å²) < 4.78 is 8.08. The van der Waals surface area contributed by atoms with Gasteiger partial charge in [0.15, 0.2) is 5.65 Å². The Labute approximate surface area is 132 Å². The van der Waals surface area contributed by atoms with Gasteiger partial charge in [0.2, 0.25) is 0 Å². The van der Waals surface area contributed by atoms with Crippen LogP contribution in [0.3, 0.4) is 0 Å². The molecule has 0 aliphatic rings. The van der Waals surface area contributed by atoms with Crippen LogP contribution in [0.2, 0.25) is 0 Å². The van der Waals surface area contributed by atoms with Crippen molar-refractivity contribution >= 4 is 11.0 Å². The third-order valence-electron chi connectivity index (χ3n) is 3.54. The number of ether oxygens (including phenoxy) is 1. The molecule has 0 radical (unpaired) electrons. The quantitative estimate of drug-likeness (QED) is 0.730. The van der Waals surface area contributed by atoms with Gasteiger partial charge < -0.3 is 4.74 Å². The fraction of sp³-hybridized carbons (Fsp3) is 0.250. The van der Waals surface area contributed by atoms with Crippen LogP contribution in [-0.4, -0.2) is 26.4 Å². The van der Waals surface area contributed by atoms with E-state index in [-0.39, 0.29) is 18.7 Å². The number of aryl methyl sites for hydroxylation is 1. The highest BCUT2D eigenvalue weighted by atomic mass is 16.5. The Morgan fingerprint density at radius 1 is 1.30 bits per heavy atom. The second-order valence-corrected chi connectivity index (χ2v) is 5.04. The van der Waals surface area contributed by atoms with Gasteiger partial charge in [-0.3, -0.25) is 9.36 Å². The van der Waals surface area contributed by atoms with Crippen LogP contribution in [0.4, 0.5) is 0 Å². The Kier molecular flexibility index (Phi) is 3.91. The second kappa shape index (κ2) is 6.02. The van der Waals surface area contributed by atoms with Gasteiger partial charge in [-0.15, -0.1) is 0 Å². The van der Waals surface area contributed by atoms with E-state index in [9.17, 15) is 4.79 Å². The van der Waals surface area contributed by atoms with E-state index in [4.69, 9.17) is 10.00 Å². The number of fused-ring (bicyclic) bond motifs is 1. The van der Waals surface area contributed by atoms with Crippen molar-refractivity contribution in [2.75, 3.05) is 7.11 Å². The number of rotatable bonds is 4. The van der Waals surface area contributed by atoms with Crippen LogP contribution in [0.1, 0.15) is 11.5 Å². The first-order valence-electron chi connectivity index (χ1n) is 7.07. The highest BCUT2D eigenvalue weighted by molar-refractivity contribution is 5.78. The first kappa shape index (κ1) is 14.9. The van der Waals surface area contributed by atoms with Crippen LogP contribution in [0.25, 0.3) is 16.7 Å². The largest absolute Gasteiger partial charge is 0.377 e. The summed E-state index contributed by atoms with van der Waals surface area (Å²) in [4.78, 5) is 17.3. The average molecular weight is 309 g/mol. The lowest BCUT2D eigenvalue weighted by atomic mass is 10.3. The molecule has 1 aromatic carbocycles. The summed E-state index contributed by atoms with van der Waals surface area (Å²) in [6, 6.07) is 11.5. The van der Waals surface area contributed by atoms with E-state index in [1.54, 1.807) is 11.6 Å². The highest BCUT2D eigenvalue weighted by Gasteiger charge is 2.18. The second-order valence-electron chi connectivity index (χ2n) is 5.04. The predicted molar refractivity (Wildman–Crippen MR) is 84.2 cm³/mol. The maximum Gasteiger partial charge on any atom is 0.265 e. The van der Waals surface area contributed by atoms with Crippen LogP contribution >= 0.6 is 0 Å². The van der Waals surface area contributed by atoms with Gasteiger partial charge in [-0.05, 0) is 19.1 Å². The van der Waals surface area contributed by atoms with Gasteiger partial charge in [0.1, 0.15) is 24.4 Å². The molecule has 7 heteroatoms. The Hall–Kier alpha value is -2.98. The lowest BCUT2D eigenvalue weighted by molar-refractivity contribution is 0.173. The lowest BCUT2D eigenvalue weighted by Crippen LogP contribution is -2.25. The van der Waals surface area contributed by atoms with Gasteiger partial charge in [-0.2, -0.15) is 10.4 Å². The molecule has 0 unspecified atom stereocenters. The van der Waals surface area contributed by atoms with E-state index in [1.807, 2.05) is 36.4 Å². The summed E-state index contributed by atoms with van der Waals surface area (Å²) in [6.45, 7) is 1.83. The zero-order valence-corrected chi connectivity index (χ0v) is 12.9. The molecule has 0 amide bonds. The summed E-state index contributed by atoms with van der Waals surface area (Å²) in [5, 5.41) is 13.8. The minimum atomic E-state index is -0.275. The number of benzene rings is 1. The molecule has 3 rings (SSSR count). The van der Waals surface area contributed by atoms with Crippen molar-refractivity contribution in [2.45, 2.75) is 20.1 Å². The molecule has 2 aromatic heterocycles. The molecule has 0 fully saturated rings. The van der Waals surface area contributed by atoms with E-state index in [0.29, 0.717) is 22.6 Å². The number of hydrogen-bond acceptors (Lipinski definition) is 5. The average Bonchev–Trinajstić information content (AvgIpc) is 2.89. The predicted octanol–water partition coefficient (Wildman–Crippen LogP) is 1.56. The number of hydrogen-bond donors (Lipinski definition) is 0. The fourth-order valence-electron chi connectivity index (χ4n) is 2.53. The molecule has 7 nitrogen and oxygen atoms in total. The summed E-state index contributed by atoms with van der Waals surface area (Å²) in [5.41, 5.74) is 1.60. The molecule has 0 saturated heterocycles. The van der Waals surface area contributed by atoms with Crippen LogP contribution in [0.5, 0.6) is 0 Å². The number of aromatic nitrogens is 4. The monoisotopic (exact) mass is 309 g/mol. The zero-order valence-electron chi connectivity index (χ0n) is 12.9. The molecular formula is C16H15N5O2. The van der Waals surface area contributed by atoms with Crippen LogP contribution in [0.15, 0.2) is 35.1 Å². The smallest absolute Gasteiger partial charge is 0.265 e. The van der Waals surface area contributed by atoms with E-state index in [1.165, 1.54) is 11.7 Å². The normalized spacial score (nSPS) is 10.8. The van der Waals surface area contributed by atoms with Gasteiger partial charge in [0.05, 0.1) is 17.5 Å². The molecule has 0 spiro atoms. The van der Waals surface area contributed by atoms with Crippen LogP contribution in [-0.2, 0) is 17.9 Å². The summed E-state index contributed by atoms with van der Waals surface area (Å²) in [5.74, 6) is 0.406. The lowest BCUT2D eigenvalue weighted by Gasteiger charge is -2.09. The first-order valence-corrected chi connectivity index (χ1v) is 7.07. The van der Waals surface area contributed by atoms with Crippen molar-refractivity contribution in [3.8, 4) is 11.8 Å². The Bertz CT molecular complexity index is 950. The Balaban J connectivity index is 2.35. The summed E-state index contributed by atoms with van der Waals surface area (Å²) in [7, 11) is 1.52. The van der Waals surface area contributed by atoms with Crippen molar-refractivity contribution in [2.24, 2.45) is 0 Å². The molecule has 23 heavy (non-hydrogen) atoms. The molecule has 3 aromatic rings. The minimum Gasteiger partial charge on any atom is -0.377 e. The van der Waals surface area contributed by atoms with Gasteiger partial charge in [0, 0.05) is 7.11 Å². The van der Waals surface area contributed by atoms with Crippen molar-refractivity contribution < 1.29 is 4.74 Å². The topological polar surface area (TPSA) is 85.7 Å². The van der Waals surface area contributed by atoms with E-state index >= 15 is 0 Å². The van der Waals surface area contributed by atoms with Crippen LogP contribution in [0, 0.1) is 18.3 Å². The number of nitrogens with zero attached hydrogens (tertiary/aromatic N) is 5. The third kappa shape index (κ3) is 2.49. The van der Waals surface area contributed by atoms with E-state index < -0.39 is 0 Å². The van der Waals surface area contributed by atoms with E-state index in [2.05, 4.69) is 10.1 Å². The van der Waals surface area contributed by atoms with Crippen molar-refractivity contribution in [3.05, 3.63) is 52.2 Å². The standard InChI is InChI=1S/C16H15N5O2/c1-11-14-15(21(19-11)12-6-4-3-5-7-12)18-13(10-23-2)20(9-8-17)16(14)22/h3-7H,9-10H2,1-2H3. The third-order valence-corrected chi connectivity index (χ3v) is 3.54. The maximum absolute atomic E-state index is 12.7. The van der Waals surface area contributed by atoms with Gasteiger partial charge in [-0.25, -0.2) is 9.67 Å². The SMILES string of the molecule is COCc1nc2c(c(C)nn2-c2ccccc2)c(=O)n1CC#N. The fourth-order valence-corrected chi connectivity index (χ4v) is 2.53. The summed E-state index contributed by atoms with van der Waals surface area (Å²) >= 11 is 0. The van der Waals surface area contributed by atoms with Crippen molar-refractivity contribution in [3.63, 3.8) is 0 Å². The molecule has 0 N–H and O–H groups in total. The number of para-hydroxylation sites is 1. The summed E-state index contributed by atoms with van der Waals surface area (Å²) in [6.07, 6.45) is 0. The zero-order chi connectivity index (χ0) is 16.4. The highest BCUT2D eigenvalue weighted by Crippen LogP contribution is 2.18. The Morgan fingerprint density at radius 2 is 2.04 bits per heavy atom. The molecule has 0 aliphatic heterocycles. The molecule has 116 valence electrons. The van der Waals surface area contributed by atoms with E-state index in [0.717, 1.165) is 5.69 Å². The molecule has 0 saturated carbocycles. The van der Waals surface area contributed by atoms with Gasteiger partial charge in [0.25, 0.3) is 5.56 Å². The molecule has 2 heterocycles. The number of nitriles is 1. The molecule has 0 atom stereocenters. The molecule has 0 bridgehead atoms. The number of methoxy groups -OCH3 is 1. The van der Waals surface area contributed by atoms with Gasteiger partial charge >= 0.3 is 0 Å². The van der Waals surface area contributed by atoms with Gasteiger partial charge in [-0.1, -0.05) is 18.2 Å². The first-order chi connectivity index (χ1) is 11.2. The van der Waals surface area contributed by atoms with Crippen LogP contribution < -0.4 is 5.56 Å².